The molecule has 0 fully saturated rings. The van der Waals surface area contributed by atoms with Gasteiger partial charge in [-0.05, 0) is 52.3 Å². The van der Waals surface area contributed by atoms with Crippen LogP contribution in [0.25, 0.3) is 5.70 Å². The molecule has 0 saturated heterocycles. The van der Waals surface area contributed by atoms with Gasteiger partial charge in [-0.15, -0.1) is 11.3 Å². The molecular formula is C15H9Br2FN4S. The van der Waals surface area contributed by atoms with Crippen molar-refractivity contribution in [3.63, 3.8) is 0 Å². The van der Waals surface area contributed by atoms with Crippen molar-refractivity contribution in [1.82, 2.24) is 14.8 Å². The van der Waals surface area contributed by atoms with Crippen LogP contribution in [0.4, 0.5) is 10.3 Å². The van der Waals surface area contributed by atoms with E-state index in [4.69, 9.17) is 0 Å². The molecular weight excluding hydrogens is 447 g/mol. The zero-order chi connectivity index (χ0) is 16.0. The van der Waals surface area contributed by atoms with Crippen molar-refractivity contribution in [2.45, 2.75) is 6.04 Å². The van der Waals surface area contributed by atoms with E-state index in [1.54, 1.807) is 28.2 Å². The maximum Gasteiger partial charge on any atom is 0.226 e. The molecule has 0 spiro atoms. The number of aromatic nitrogens is 3. The lowest BCUT2D eigenvalue weighted by Gasteiger charge is -2.24. The fraction of sp³-hybridized carbons (Fsp3) is 0.0667. The lowest BCUT2D eigenvalue weighted by molar-refractivity contribution is 0.551. The highest BCUT2D eigenvalue weighted by molar-refractivity contribution is 9.11. The lowest BCUT2D eigenvalue weighted by Crippen LogP contribution is -2.20. The van der Waals surface area contributed by atoms with Crippen LogP contribution in [0, 0.1) is 5.82 Å². The summed E-state index contributed by atoms with van der Waals surface area (Å²) in [6.07, 6.45) is 3.43. The first-order valence-electron chi connectivity index (χ1n) is 6.71. The lowest BCUT2D eigenvalue weighted by atomic mass is 10.0. The molecule has 8 heteroatoms. The molecule has 1 atom stereocenters. The molecule has 1 aliphatic heterocycles. The maximum atomic E-state index is 14.4. The largest absolute Gasteiger partial charge is 0.323 e. The average molecular weight is 456 g/mol. The number of anilines is 1. The van der Waals surface area contributed by atoms with Gasteiger partial charge in [-0.2, -0.15) is 10.1 Å². The van der Waals surface area contributed by atoms with Gasteiger partial charge in [0, 0.05) is 10.0 Å². The van der Waals surface area contributed by atoms with E-state index in [2.05, 4.69) is 47.3 Å². The van der Waals surface area contributed by atoms with E-state index < -0.39 is 0 Å². The number of fused-ring (bicyclic) bond motifs is 1. The monoisotopic (exact) mass is 454 g/mol. The van der Waals surface area contributed by atoms with E-state index in [1.807, 2.05) is 18.2 Å². The molecule has 0 unspecified atom stereocenters. The van der Waals surface area contributed by atoms with E-state index in [0.29, 0.717) is 11.5 Å². The minimum absolute atomic E-state index is 0.274. The standard InChI is InChI=1S/C15H9Br2FN4S/c16-8-1-2-10(18)9(5-8)12-6-11(13-3-4-14(17)23-13)21-15-19-7-20-22(12)15/h1-7,12H,(H,19,20,21)/t12-/m0/s1. The van der Waals surface area contributed by atoms with Crippen LogP contribution >= 0.6 is 43.2 Å². The molecule has 2 aromatic heterocycles. The fourth-order valence-electron chi connectivity index (χ4n) is 2.50. The van der Waals surface area contributed by atoms with Gasteiger partial charge < -0.3 is 5.32 Å². The van der Waals surface area contributed by atoms with Crippen LogP contribution in [0.5, 0.6) is 0 Å². The van der Waals surface area contributed by atoms with Crippen LogP contribution in [0.15, 0.2) is 51.0 Å². The minimum atomic E-state index is -0.359. The molecule has 4 rings (SSSR count). The van der Waals surface area contributed by atoms with Gasteiger partial charge in [0.25, 0.3) is 0 Å². The van der Waals surface area contributed by atoms with Gasteiger partial charge in [-0.1, -0.05) is 15.9 Å². The summed E-state index contributed by atoms with van der Waals surface area (Å²) in [6, 6.07) is 8.54. The first-order valence-corrected chi connectivity index (χ1v) is 9.11. The Bertz CT molecular complexity index is 918. The summed E-state index contributed by atoms with van der Waals surface area (Å²) < 4.78 is 17.9. The molecule has 3 heterocycles. The Morgan fingerprint density at radius 1 is 1.22 bits per heavy atom. The van der Waals surface area contributed by atoms with Gasteiger partial charge in [0.2, 0.25) is 5.95 Å². The zero-order valence-electron chi connectivity index (χ0n) is 11.5. The van der Waals surface area contributed by atoms with Crippen LogP contribution < -0.4 is 5.32 Å². The van der Waals surface area contributed by atoms with Gasteiger partial charge in [0.05, 0.1) is 14.4 Å². The fourth-order valence-corrected chi connectivity index (χ4v) is 4.24. The number of thiophene rings is 1. The van der Waals surface area contributed by atoms with Crippen LogP contribution in [0.1, 0.15) is 16.5 Å². The second-order valence-electron chi connectivity index (χ2n) is 4.95. The summed E-state index contributed by atoms with van der Waals surface area (Å²) >= 11 is 8.47. The number of hydrogen-bond donors (Lipinski definition) is 1. The molecule has 1 N–H and O–H groups in total. The van der Waals surface area contributed by atoms with Crippen LogP contribution in [0.3, 0.4) is 0 Å². The highest BCUT2D eigenvalue weighted by Gasteiger charge is 2.26. The highest BCUT2D eigenvalue weighted by atomic mass is 79.9. The summed E-state index contributed by atoms with van der Waals surface area (Å²) in [5, 5.41) is 7.48. The first-order chi connectivity index (χ1) is 11.1. The van der Waals surface area contributed by atoms with Crippen LogP contribution in [0.2, 0.25) is 0 Å². The first kappa shape index (κ1) is 15.0. The number of rotatable bonds is 2. The smallest absolute Gasteiger partial charge is 0.226 e. The Kier molecular flexibility index (Phi) is 3.82. The van der Waals surface area contributed by atoms with Gasteiger partial charge in [-0.3, -0.25) is 0 Å². The molecule has 4 nitrogen and oxygen atoms in total. The molecule has 1 aliphatic rings. The molecule has 1 aromatic carbocycles. The van der Waals surface area contributed by atoms with Gasteiger partial charge in [0.15, 0.2) is 0 Å². The zero-order valence-corrected chi connectivity index (χ0v) is 15.5. The molecule has 0 amide bonds. The molecule has 0 bridgehead atoms. The number of allylic oxidation sites excluding steroid dienone is 1. The second-order valence-corrected chi connectivity index (χ2v) is 8.33. The van der Waals surface area contributed by atoms with E-state index in [9.17, 15) is 4.39 Å². The average Bonchev–Trinajstić information content (AvgIpc) is 3.17. The van der Waals surface area contributed by atoms with Crippen LogP contribution in [-0.2, 0) is 0 Å². The minimum Gasteiger partial charge on any atom is -0.323 e. The molecule has 23 heavy (non-hydrogen) atoms. The Hall–Kier alpha value is -1.51. The van der Waals surface area contributed by atoms with E-state index in [0.717, 1.165) is 18.8 Å². The van der Waals surface area contributed by atoms with Gasteiger partial charge in [-0.25, -0.2) is 9.07 Å². The predicted molar refractivity (Wildman–Crippen MR) is 95.9 cm³/mol. The van der Waals surface area contributed by atoms with E-state index >= 15 is 0 Å². The maximum absolute atomic E-state index is 14.4. The van der Waals surface area contributed by atoms with Crippen molar-refractivity contribution in [3.05, 3.63) is 67.3 Å². The van der Waals surface area contributed by atoms with E-state index in [1.165, 1.54) is 12.4 Å². The molecule has 0 aliphatic carbocycles. The van der Waals surface area contributed by atoms with Crippen molar-refractivity contribution in [2.75, 3.05) is 5.32 Å². The van der Waals surface area contributed by atoms with Crippen molar-refractivity contribution in [3.8, 4) is 0 Å². The number of halogens is 3. The molecule has 0 saturated carbocycles. The van der Waals surface area contributed by atoms with Crippen molar-refractivity contribution in [2.24, 2.45) is 0 Å². The highest BCUT2D eigenvalue weighted by Crippen LogP contribution is 2.36. The van der Waals surface area contributed by atoms with Gasteiger partial charge >= 0.3 is 0 Å². The van der Waals surface area contributed by atoms with Gasteiger partial charge in [0.1, 0.15) is 18.2 Å². The molecule has 0 radical (unpaired) electrons. The summed E-state index contributed by atoms with van der Waals surface area (Å²) in [7, 11) is 0. The van der Waals surface area contributed by atoms with Crippen molar-refractivity contribution in [1.29, 1.82) is 0 Å². The summed E-state index contributed by atoms with van der Waals surface area (Å²) in [5.74, 6) is 0.320. The number of hydrogen-bond acceptors (Lipinski definition) is 4. The van der Waals surface area contributed by atoms with E-state index in [-0.39, 0.29) is 11.9 Å². The third kappa shape index (κ3) is 2.75. The normalized spacial score (nSPS) is 16.7. The SMILES string of the molecule is Fc1ccc(Br)cc1[C@@H]1C=C(c2ccc(Br)s2)Nc2ncnn21. The predicted octanol–water partition coefficient (Wildman–Crippen LogP) is 5.06. The molecule has 116 valence electrons. The third-order valence-corrected chi connectivity index (χ3v) is 5.67. The molecule has 3 aromatic rings. The number of nitrogens with zero attached hydrogens (tertiary/aromatic N) is 3. The summed E-state index contributed by atoms with van der Waals surface area (Å²) in [4.78, 5) is 5.27. The van der Waals surface area contributed by atoms with Crippen molar-refractivity contribution < 1.29 is 4.39 Å². The summed E-state index contributed by atoms with van der Waals surface area (Å²) in [6.45, 7) is 0. The third-order valence-electron chi connectivity index (χ3n) is 3.52. The van der Waals surface area contributed by atoms with Crippen LogP contribution in [-0.4, -0.2) is 14.8 Å². The topological polar surface area (TPSA) is 42.7 Å². The number of benzene rings is 1. The Balaban J connectivity index is 1.86. The van der Waals surface area contributed by atoms with Crippen molar-refractivity contribution >= 4 is 54.8 Å². The Morgan fingerprint density at radius 2 is 2.09 bits per heavy atom. The second kappa shape index (κ2) is 5.85. The quantitative estimate of drug-likeness (QED) is 0.587. The summed E-state index contributed by atoms with van der Waals surface area (Å²) in [5.41, 5.74) is 1.44. The number of nitrogens with one attached hydrogen (secondary N) is 1. The Labute approximate surface area is 152 Å². The Morgan fingerprint density at radius 3 is 2.87 bits per heavy atom.